The van der Waals surface area contributed by atoms with E-state index in [1.165, 1.54) is 0 Å². The summed E-state index contributed by atoms with van der Waals surface area (Å²) in [5, 5.41) is 0. The number of hydrogen-bond acceptors (Lipinski definition) is 6. The molecule has 1 aliphatic heterocycles. The van der Waals surface area contributed by atoms with E-state index in [1.54, 1.807) is 0 Å². The van der Waals surface area contributed by atoms with Gasteiger partial charge in [-0.25, -0.2) is 8.42 Å². The summed E-state index contributed by atoms with van der Waals surface area (Å²) in [5.74, 6) is -0.739. The summed E-state index contributed by atoms with van der Waals surface area (Å²) in [4.78, 5) is 12.1. The normalized spacial score (nSPS) is 19.8. The Balaban J connectivity index is 2.21. The zero-order chi connectivity index (χ0) is 22.3. The third-order valence-electron chi connectivity index (χ3n) is 4.96. The minimum absolute atomic E-state index is 0.166. The summed E-state index contributed by atoms with van der Waals surface area (Å²) >= 11 is 0. The van der Waals surface area contributed by atoms with Crippen LogP contribution in [0.2, 0.25) is 0 Å². The van der Waals surface area contributed by atoms with Crippen molar-refractivity contribution in [2.75, 3.05) is 6.26 Å². The predicted octanol–water partition coefficient (Wildman–Crippen LogP) is 2.32. The molecule has 1 aromatic carbocycles. The van der Waals surface area contributed by atoms with Gasteiger partial charge in [0.2, 0.25) is 0 Å². The topological polar surface area (TPSA) is 93.0 Å². The first-order valence-corrected chi connectivity index (χ1v) is 11.4. The van der Waals surface area contributed by atoms with Crippen LogP contribution in [0.15, 0.2) is 24.3 Å². The molecule has 1 heterocycles. The molecule has 1 unspecified atom stereocenters. The van der Waals surface area contributed by atoms with Crippen molar-refractivity contribution in [2.24, 2.45) is 0 Å². The van der Waals surface area contributed by atoms with Crippen LogP contribution in [0, 0.1) is 0 Å². The minimum atomic E-state index is -3.75. The molecule has 1 atom stereocenters. The van der Waals surface area contributed by atoms with Gasteiger partial charge in [-0.3, -0.25) is 4.79 Å². The third-order valence-corrected chi connectivity index (χ3v) is 5.49. The lowest BCUT2D eigenvalue weighted by Crippen LogP contribution is -2.41. The molecule has 1 aliphatic rings. The largest absolute Gasteiger partial charge is 0.494 e. The van der Waals surface area contributed by atoms with Crippen LogP contribution in [-0.4, -0.2) is 44.5 Å². The molecule has 1 saturated heterocycles. The summed E-state index contributed by atoms with van der Waals surface area (Å²) in [7, 11) is -4.24. The van der Waals surface area contributed by atoms with Crippen molar-refractivity contribution in [1.82, 2.24) is 4.72 Å². The van der Waals surface area contributed by atoms with Crippen LogP contribution in [0.25, 0.3) is 0 Å². The van der Waals surface area contributed by atoms with E-state index in [0.29, 0.717) is 0 Å². The first kappa shape index (κ1) is 23.9. The second kappa shape index (κ2) is 8.02. The second-order valence-corrected chi connectivity index (χ2v) is 11.0. The summed E-state index contributed by atoms with van der Waals surface area (Å²) in [6.07, 6.45) is 0.102. The molecule has 1 aromatic rings. The van der Waals surface area contributed by atoms with E-state index in [4.69, 9.17) is 14.0 Å². The van der Waals surface area contributed by atoms with E-state index < -0.39 is 46.0 Å². The van der Waals surface area contributed by atoms with Gasteiger partial charge in [0.05, 0.1) is 35.6 Å². The first-order chi connectivity index (χ1) is 13.0. The highest BCUT2D eigenvalue weighted by molar-refractivity contribution is 7.89. The number of benzene rings is 1. The van der Waals surface area contributed by atoms with E-state index in [-0.39, 0.29) is 6.42 Å². The summed E-state index contributed by atoms with van der Waals surface area (Å²) in [6.45, 7) is 13.6. The molecule has 1 radical (unpaired) electrons. The van der Waals surface area contributed by atoms with Crippen molar-refractivity contribution < 1.29 is 27.3 Å². The number of carbonyl (C=O) groups is 1. The smallest absolute Gasteiger partial charge is 0.399 e. The maximum Gasteiger partial charge on any atom is 0.494 e. The lowest BCUT2D eigenvalue weighted by Gasteiger charge is -2.32. The van der Waals surface area contributed by atoms with Gasteiger partial charge in [0.25, 0.3) is 15.9 Å². The Morgan fingerprint density at radius 3 is 2.00 bits per heavy atom. The van der Waals surface area contributed by atoms with Gasteiger partial charge >= 0.3 is 7.12 Å². The molecular weight excluding hydrogens is 393 g/mol. The average Bonchev–Trinajstić information content (AvgIpc) is 2.72. The molecule has 29 heavy (non-hydrogen) atoms. The summed E-state index contributed by atoms with van der Waals surface area (Å²) < 4.78 is 43.9. The molecular formula is C20H31BNO6S. The SMILES string of the molecule is CC(C)(C)OC(CC(=O)[N]S(C)(=O)=O)c1ccc(B2OC(C)(C)C(C)(C)O2)cc1. The molecule has 0 aromatic heterocycles. The molecule has 0 N–H and O–H groups in total. The fourth-order valence-corrected chi connectivity index (χ4v) is 3.33. The fraction of sp³-hybridized carbons (Fsp3) is 0.650. The molecule has 0 bridgehead atoms. The minimum Gasteiger partial charge on any atom is -0.399 e. The van der Waals surface area contributed by atoms with Crippen LogP contribution in [-0.2, 0) is 28.9 Å². The van der Waals surface area contributed by atoms with Crippen LogP contribution in [0.3, 0.4) is 0 Å². The molecule has 0 aliphatic carbocycles. The lowest BCUT2D eigenvalue weighted by molar-refractivity contribution is -0.126. The van der Waals surface area contributed by atoms with Crippen molar-refractivity contribution in [3.8, 4) is 0 Å². The van der Waals surface area contributed by atoms with E-state index in [2.05, 4.69) is 4.72 Å². The zero-order valence-electron chi connectivity index (χ0n) is 18.5. The van der Waals surface area contributed by atoms with E-state index >= 15 is 0 Å². The van der Waals surface area contributed by atoms with Crippen LogP contribution in [0.5, 0.6) is 0 Å². The number of sulfonamides is 1. The Bertz CT molecular complexity index is 827. The molecule has 2 rings (SSSR count). The third kappa shape index (κ3) is 6.54. The Hall–Kier alpha value is -1.42. The van der Waals surface area contributed by atoms with Gasteiger partial charge in [-0.2, -0.15) is 0 Å². The Morgan fingerprint density at radius 2 is 1.59 bits per heavy atom. The van der Waals surface area contributed by atoms with Crippen molar-refractivity contribution >= 4 is 28.5 Å². The predicted molar refractivity (Wildman–Crippen MR) is 112 cm³/mol. The Morgan fingerprint density at radius 1 is 1.10 bits per heavy atom. The number of hydrogen-bond donors (Lipinski definition) is 0. The molecule has 161 valence electrons. The molecule has 0 saturated carbocycles. The van der Waals surface area contributed by atoms with Gasteiger partial charge in [-0.1, -0.05) is 24.3 Å². The zero-order valence-corrected chi connectivity index (χ0v) is 19.3. The number of nitrogens with zero attached hydrogens (tertiary/aromatic N) is 1. The lowest BCUT2D eigenvalue weighted by atomic mass is 9.78. The van der Waals surface area contributed by atoms with E-state index in [9.17, 15) is 13.2 Å². The monoisotopic (exact) mass is 424 g/mol. The van der Waals surface area contributed by atoms with Crippen molar-refractivity contribution in [3.63, 3.8) is 0 Å². The van der Waals surface area contributed by atoms with Gasteiger partial charge in [0.1, 0.15) is 0 Å². The summed E-state index contributed by atoms with van der Waals surface area (Å²) in [6, 6.07) is 7.42. The quantitative estimate of drug-likeness (QED) is 0.651. The second-order valence-electron chi connectivity index (χ2n) is 9.40. The maximum atomic E-state index is 12.1. The van der Waals surface area contributed by atoms with Gasteiger partial charge in [-0.05, 0) is 59.5 Å². The van der Waals surface area contributed by atoms with Gasteiger partial charge < -0.3 is 14.0 Å². The maximum absolute atomic E-state index is 12.1. The highest BCUT2D eigenvalue weighted by atomic mass is 32.2. The summed E-state index contributed by atoms with van der Waals surface area (Å²) in [5.41, 5.74) is 0.202. The van der Waals surface area contributed by atoms with Gasteiger partial charge in [0.15, 0.2) is 0 Å². The molecule has 1 fully saturated rings. The number of carbonyl (C=O) groups excluding carboxylic acids is 1. The molecule has 9 heteroatoms. The fourth-order valence-electron chi connectivity index (χ4n) is 2.88. The number of rotatable bonds is 6. The first-order valence-electron chi connectivity index (χ1n) is 9.58. The Labute approximate surface area is 174 Å². The van der Waals surface area contributed by atoms with Crippen LogP contribution < -0.4 is 10.2 Å². The van der Waals surface area contributed by atoms with Crippen molar-refractivity contribution in [1.29, 1.82) is 0 Å². The molecule has 1 amide bonds. The molecule has 0 spiro atoms. The standard InChI is InChI=1S/C20H31BNO6S/c1-18(2,3)26-16(13-17(23)22-29(8,24)25)14-9-11-15(12-10-14)21-27-19(4,5)20(6,7)28-21/h9-12,16H,13H2,1-8H3. The highest BCUT2D eigenvalue weighted by Crippen LogP contribution is 2.36. The van der Waals surface area contributed by atoms with Crippen molar-refractivity contribution in [2.45, 2.75) is 77.8 Å². The van der Waals surface area contributed by atoms with E-state index in [1.807, 2.05) is 72.7 Å². The van der Waals surface area contributed by atoms with Crippen LogP contribution >= 0.6 is 0 Å². The van der Waals surface area contributed by atoms with Crippen LogP contribution in [0.4, 0.5) is 0 Å². The average molecular weight is 424 g/mol. The van der Waals surface area contributed by atoms with E-state index in [0.717, 1.165) is 17.3 Å². The number of amides is 1. The number of ether oxygens (including phenoxy) is 1. The van der Waals surface area contributed by atoms with Crippen LogP contribution in [0.1, 0.15) is 66.6 Å². The Kier molecular flexibility index (Phi) is 6.60. The molecule has 7 nitrogen and oxygen atoms in total. The highest BCUT2D eigenvalue weighted by Gasteiger charge is 2.51. The van der Waals surface area contributed by atoms with Gasteiger partial charge in [-0.15, -0.1) is 4.72 Å². The van der Waals surface area contributed by atoms with Crippen molar-refractivity contribution in [3.05, 3.63) is 29.8 Å². The van der Waals surface area contributed by atoms with Gasteiger partial charge in [0, 0.05) is 0 Å².